The highest BCUT2D eigenvalue weighted by molar-refractivity contribution is 5.81. The van der Waals surface area contributed by atoms with Gasteiger partial charge in [0.25, 0.3) is 0 Å². The average molecular weight is 197 g/mol. The molecule has 1 aliphatic heterocycles. The Kier molecular flexibility index (Phi) is 3.06. The molecule has 2 fully saturated rings. The van der Waals surface area contributed by atoms with Crippen LogP contribution in [0.3, 0.4) is 0 Å². The van der Waals surface area contributed by atoms with Crippen molar-refractivity contribution >= 4 is 5.91 Å². The van der Waals surface area contributed by atoms with Gasteiger partial charge in [-0.15, -0.1) is 0 Å². The van der Waals surface area contributed by atoms with Crippen LogP contribution in [-0.2, 0) is 4.79 Å². The lowest BCUT2D eigenvalue weighted by Crippen LogP contribution is -2.30. The molecule has 0 aromatic heterocycles. The standard InChI is InChI=1S/C11H19NO2/c13-7-9-6-10(11(14)12-9)8-4-2-1-3-5-8/h8-10,13H,1-7H2,(H,12,14)/t9-,10-/m0/s1. The van der Waals surface area contributed by atoms with Crippen LogP contribution in [0.2, 0.25) is 0 Å². The number of hydrogen-bond donors (Lipinski definition) is 2. The van der Waals surface area contributed by atoms with Gasteiger partial charge in [0.15, 0.2) is 0 Å². The second kappa shape index (κ2) is 4.30. The van der Waals surface area contributed by atoms with E-state index in [0.29, 0.717) is 5.92 Å². The van der Waals surface area contributed by atoms with E-state index >= 15 is 0 Å². The van der Waals surface area contributed by atoms with Gasteiger partial charge in [-0.25, -0.2) is 0 Å². The molecule has 0 radical (unpaired) electrons. The lowest BCUT2D eigenvalue weighted by molar-refractivity contribution is -0.124. The molecule has 80 valence electrons. The van der Waals surface area contributed by atoms with Gasteiger partial charge in [0.05, 0.1) is 12.6 Å². The van der Waals surface area contributed by atoms with Crippen molar-refractivity contribution in [1.29, 1.82) is 0 Å². The molecule has 1 saturated heterocycles. The number of amides is 1. The Hall–Kier alpha value is -0.570. The minimum Gasteiger partial charge on any atom is -0.394 e. The Morgan fingerprint density at radius 3 is 2.57 bits per heavy atom. The first-order valence-electron chi connectivity index (χ1n) is 5.72. The van der Waals surface area contributed by atoms with Crippen molar-refractivity contribution in [3.8, 4) is 0 Å². The van der Waals surface area contributed by atoms with Crippen molar-refractivity contribution in [2.75, 3.05) is 6.61 Å². The van der Waals surface area contributed by atoms with Gasteiger partial charge >= 0.3 is 0 Å². The van der Waals surface area contributed by atoms with E-state index in [1.807, 2.05) is 0 Å². The number of hydrogen-bond acceptors (Lipinski definition) is 2. The molecule has 3 heteroatoms. The molecule has 2 aliphatic rings. The Morgan fingerprint density at radius 2 is 2.00 bits per heavy atom. The van der Waals surface area contributed by atoms with Crippen LogP contribution in [0.25, 0.3) is 0 Å². The number of aliphatic hydroxyl groups excluding tert-OH is 1. The number of carbonyl (C=O) groups excluding carboxylic acids is 1. The van der Waals surface area contributed by atoms with E-state index in [0.717, 1.165) is 6.42 Å². The van der Waals surface area contributed by atoms with E-state index in [4.69, 9.17) is 5.11 Å². The van der Waals surface area contributed by atoms with Gasteiger partial charge in [-0.1, -0.05) is 19.3 Å². The topological polar surface area (TPSA) is 49.3 Å². The first kappa shape index (κ1) is 9.97. The van der Waals surface area contributed by atoms with Gasteiger partial charge < -0.3 is 10.4 Å². The van der Waals surface area contributed by atoms with Gasteiger partial charge in [-0.3, -0.25) is 4.79 Å². The smallest absolute Gasteiger partial charge is 0.223 e. The summed E-state index contributed by atoms with van der Waals surface area (Å²) < 4.78 is 0. The van der Waals surface area contributed by atoms with Gasteiger partial charge in [-0.05, 0) is 25.2 Å². The van der Waals surface area contributed by atoms with Crippen molar-refractivity contribution < 1.29 is 9.90 Å². The third-order valence-corrected chi connectivity index (χ3v) is 3.66. The van der Waals surface area contributed by atoms with Crippen molar-refractivity contribution in [3.05, 3.63) is 0 Å². The summed E-state index contributed by atoms with van der Waals surface area (Å²) in [5.74, 6) is 0.948. The van der Waals surface area contributed by atoms with E-state index in [2.05, 4.69) is 5.32 Å². The molecule has 2 N–H and O–H groups in total. The van der Waals surface area contributed by atoms with E-state index in [1.54, 1.807) is 0 Å². The summed E-state index contributed by atoms with van der Waals surface area (Å²) in [5, 5.41) is 11.8. The quantitative estimate of drug-likeness (QED) is 0.695. The summed E-state index contributed by atoms with van der Waals surface area (Å²) >= 11 is 0. The van der Waals surface area contributed by atoms with Gasteiger partial charge in [0, 0.05) is 5.92 Å². The third-order valence-electron chi connectivity index (χ3n) is 3.66. The summed E-state index contributed by atoms with van der Waals surface area (Å²) in [6.45, 7) is 0.0922. The lowest BCUT2D eigenvalue weighted by atomic mass is 9.79. The monoisotopic (exact) mass is 197 g/mol. The molecular weight excluding hydrogens is 178 g/mol. The van der Waals surface area contributed by atoms with Gasteiger partial charge in [0.1, 0.15) is 0 Å². The fourth-order valence-electron chi connectivity index (χ4n) is 2.84. The van der Waals surface area contributed by atoms with Gasteiger partial charge in [0.2, 0.25) is 5.91 Å². The van der Waals surface area contributed by atoms with E-state index in [-0.39, 0.29) is 24.5 Å². The zero-order valence-corrected chi connectivity index (χ0v) is 8.54. The zero-order valence-electron chi connectivity index (χ0n) is 8.54. The molecule has 2 atom stereocenters. The van der Waals surface area contributed by atoms with Crippen LogP contribution in [0.5, 0.6) is 0 Å². The van der Waals surface area contributed by atoms with E-state index < -0.39 is 0 Å². The van der Waals surface area contributed by atoms with Crippen LogP contribution in [0, 0.1) is 11.8 Å². The molecular formula is C11H19NO2. The summed E-state index contributed by atoms with van der Waals surface area (Å²) in [7, 11) is 0. The number of nitrogens with one attached hydrogen (secondary N) is 1. The number of rotatable bonds is 2. The minimum absolute atomic E-state index is 0.0226. The normalized spacial score (nSPS) is 34.5. The van der Waals surface area contributed by atoms with Crippen molar-refractivity contribution in [2.24, 2.45) is 11.8 Å². The van der Waals surface area contributed by atoms with E-state index in [9.17, 15) is 4.79 Å². The molecule has 2 rings (SSSR count). The molecule has 0 aromatic carbocycles. The predicted octanol–water partition coefficient (Wildman–Crippen LogP) is 1.06. The Bertz CT molecular complexity index is 211. The largest absolute Gasteiger partial charge is 0.394 e. The van der Waals surface area contributed by atoms with Crippen molar-refractivity contribution in [3.63, 3.8) is 0 Å². The maximum Gasteiger partial charge on any atom is 0.223 e. The second-order valence-corrected chi connectivity index (χ2v) is 4.63. The molecule has 14 heavy (non-hydrogen) atoms. The van der Waals surface area contributed by atoms with Crippen LogP contribution in [0.4, 0.5) is 0 Å². The Balaban J connectivity index is 1.93. The molecule has 0 unspecified atom stereocenters. The molecule has 3 nitrogen and oxygen atoms in total. The highest BCUT2D eigenvalue weighted by atomic mass is 16.3. The van der Waals surface area contributed by atoms with Crippen LogP contribution in [-0.4, -0.2) is 23.7 Å². The van der Waals surface area contributed by atoms with Crippen LogP contribution < -0.4 is 5.32 Å². The van der Waals surface area contributed by atoms with E-state index in [1.165, 1.54) is 32.1 Å². The number of aliphatic hydroxyl groups is 1. The lowest BCUT2D eigenvalue weighted by Gasteiger charge is -2.25. The maximum absolute atomic E-state index is 11.6. The zero-order chi connectivity index (χ0) is 9.97. The molecule has 0 spiro atoms. The highest BCUT2D eigenvalue weighted by Crippen LogP contribution is 2.34. The van der Waals surface area contributed by atoms with Crippen LogP contribution in [0.15, 0.2) is 0 Å². The highest BCUT2D eigenvalue weighted by Gasteiger charge is 2.37. The van der Waals surface area contributed by atoms with Gasteiger partial charge in [-0.2, -0.15) is 0 Å². The fourth-order valence-corrected chi connectivity index (χ4v) is 2.84. The van der Waals surface area contributed by atoms with Crippen LogP contribution >= 0.6 is 0 Å². The van der Waals surface area contributed by atoms with Crippen molar-refractivity contribution in [1.82, 2.24) is 5.32 Å². The molecule has 1 aliphatic carbocycles. The molecule has 1 saturated carbocycles. The molecule has 0 aromatic rings. The first-order valence-corrected chi connectivity index (χ1v) is 5.72. The molecule has 1 amide bonds. The second-order valence-electron chi connectivity index (χ2n) is 4.63. The Labute approximate surface area is 84.9 Å². The summed E-state index contributed by atoms with van der Waals surface area (Å²) in [6, 6.07) is 0.0226. The predicted molar refractivity (Wildman–Crippen MR) is 53.7 cm³/mol. The average Bonchev–Trinajstić information content (AvgIpc) is 2.61. The minimum atomic E-state index is 0.0226. The summed E-state index contributed by atoms with van der Waals surface area (Å²) in [4.78, 5) is 11.6. The number of carbonyl (C=O) groups is 1. The molecule has 0 bridgehead atoms. The third kappa shape index (κ3) is 1.92. The SMILES string of the molecule is O=C1N[C@H](CO)C[C@H]1C1CCCCC1. The first-order chi connectivity index (χ1) is 6.81. The Morgan fingerprint density at radius 1 is 1.29 bits per heavy atom. The van der Waals surface area contributed by atoms with Crippen molar-refractivity contribution in [2.45, 2.75) is 44.6 Å². The summed E-state index contributed by atoms with van der Waals surface area (Å²) in [5.41, 5.74) is 0. The molecule has 1 heterocycles. The van der Waals surface area contributed by atoms with Crippen LogP contribution in [0.1, 0.15) is 38.5 Å². The maximum atomic E-state index is 11.6. The fraction of sp³-hybridized carbons (Fsp3) is 0.909. The summed E-state index contributed by atoms with van der Waals surface area (Å²) in [6.07, 6.45) is 7.14.